The van der Waals surface area contributed by atoms with E-state index in [9.17, 15) is 0 Å². The molecule has 1 aliphatic heterocycles. The highest BCUT2D eigenvalue weighted by atomic mass is 16.7. The smallest absolute Gasteiger partial charge is 0.193 e. The third-order valence-electron chi connectivity index (χ3n) is 1.78. The van der Waals surface area contributed by atoms with Crippen LogP contribution in [0.1, 0.15) is 6.42 Å². The van der Waals surface area contributed by atoms with Crippen molar-refractivity contribution in [2.45, 2.75) is 12.2 Å². The van der Waals surface area contributed by atoms with E-state index in [-0.39, 0.29) is 6.61 Å². The second-order valence-corrected chi connectivity index (χ2v) is 2.49. The molecule has 11 heavy (non-hydrogen) atoms. The number of aliphatic hydroxyl groups is 1. The molecule has 1 rings (SSSR count). The molecule has 1 N–H and O–H groups in total. The van der Waals surface area contributed by atoms with Gasteiger partial charge in [0.15, 0.2) is 5.79 Å². The summed E-state index contributed by atoms with van der Waals surface area (Å²) in [7, 11) is 1.56. The Morgan fingerprint density at radius 2 is 2.36 bits per heavy atom. The number of aliphatic hydroxyl groups excluding tert-OH is 1. The van der Waals surface area contributed by atoms with Gasteiger partial charge in [0.05, 0.1) is 13.2 Å². The van der Waals surface area contributed by atoms with Gasteiger partial charge < -0.3 is 19.3 Å². The average Bonchev–Trinajstić information content (AvgIpc) is 2.07. The van der Waals surface area contributed by atoms with Crippen LogP contribution in [-0.4, -0.2) is 44.4 Å². The maximum Gasteiger partial charge on any atom is 0.193 e. The predicted molar refractivity (Wildman–Crippen MR) is 38.2 cm³/mol. The summed E-state index contributed by atoms with van der Waals surface area (Å²) in [5.41, 5.74) is 0. The third kappa shape index (κ3) is 2.13. The Hall–Kier alpha value is -0.160. The van der Waals surface area contributed by atoms with Crippen molar-refractivity contribution in [1.82, 2.24) is 0 Å². The predicted octanol–water partition coefficient (Wildman–Crippen LogP) is -0.242. The minimum Gasteiger partial charge on any atom is -0.396 e. The molecule has 0 aliphatic carbocycles. The fourth-order valence-electron chi connectivity index (χ4n) is 1.09. The van der Waals surface area contributed by atoms with E-state index in [1.807, 2.05) is 0 Å². The van der Waals surface area contributed by atoms with Crippen LogP contribution in [-0.2, 0) is 14.2 Å². The number of hydrogen-bond acceptors (Lipinski definition) is 4. The lowest BCUT2D eigenvalue weighted by Crippen LogP contribution is -2.45. The van der Waals surface area contributed by atoms with E-state index in [1.165, 1.54) is 0 Å². The summed E-state index contributed by atoms with van der Waals surface area (Å²) in [4.78, 5) is 0. The molecule has 4 heteroatoms. The molecule has 0 aromatic carbocycles. The van der Waals surface area contributed by atoms with Crippen molar-refractivity contribution in [2.75, 3.05) is 33.5 Å². The van der Waals surface area contributed by atoms with Crippen LogP contribution in [0.2, 0.25) is 0 Å². The highest BCUT2D eigenvalue weighted by Crippen LogP contribution is 2.20. The van der Waals surface area contributed by atoms with Gasteiger partial charge >= 0.3 is 0 Å². The van der Waals surface area contributed by atoms with Gasteiger partial charge in [-0.3, -0.25) is 0 Å². The van der Waals surface area contributed by atoms with Crippen LogP contribution in [0, 0.1) is 0 Å². The monoisotopic (exact) mass is 162 g/mol. The van der Waals surface area contributed by atoms with Gasteiger partial charge in [0.25, 0.3) is 0 Å². The second kappa shape index (κ2) is 4.01. The summed E-state index contributed by atoms with van der Waals surface area (Å²) in [6.07, 6.45) is 0.462. The first-order chi connectivity index (χ1) is 5.33. The van der Waals surface area contributed by atoms with Gasteiger partial charge in [0.1, 0.15) is 6.61 Å². The Morgan fingerprint density at radius 1 is 1.55 bits per heavy atom. The molecule has 0 spiro atoms. The molecule has 1 saturated heterocycles. The molecule has 1 atom stereocenters. The average molecular weight is 162 g/mol. The maximum absolute atomic E-state index is 8.70. The van der Waals surface area contributed by atoms with Gasteiger partial charge in [0, 0.05) is 20.1 Å². The fraction of sp³-hybridized carbons (Fsp3) is 1.00. The first-order valence-corrected chi connectivity index (χ1v) is 3.71. The molecule has 66 valence electrons. The number of ether oxygens (including phenoxy) is 3. The molecular weight excluding hydrogens is 148 g/mol. The highest BCUT2D eigenvalue weighted by Gasteiger charge is 2.33. The minimum atomic E-state index is -0.701. The highest BCUT2D eigenvalue weighted by molar-refractivity contribution is 4.71. The maximum atomic E-state index is 8.70. The zero-order valence-corrected chi connectivity index (χ0v) is 6.71. The van der Waals surface area contributed by atoms with E-state index in [0.29, 0.717) is 26.2 Å². The van der Waals surface area contributed by atoms with Crippen molar-refractivity contribution in [3.05, 3.63) is 0 Å². The largest absolute Gasteiger partial charge is 0.396 e. The summed E-state index contributed by atoms with van der Waals surface area (Å²) >= 11 is 0. The normalized spacial score (nSPS) is 32.2. The fourth-order valence-corrected chi connectivity index (χ4v) is 1.09. The number of methoxy groups -OCH3 is 1. The van der Waals surface area contributed by atoms with Crippen molar-refractivity contribution in [1.29, 1.82) is 0 Å². The van der Waals surface area contributed by atoms with Crippen LogP contribution in [0.5, 0.6) is 0 Å². The molecule has 1 fully saturated rings. The molecule has 0 saturated carbocycles. The molecule has 1 heterocycles. The number of rotatable bonds is 3. The quantitative estimate of drug-likeness (QED) is 0.622. The van der Waals surface area contributed by atoms with E-state index >= 15 is 0 Å². The molecular formula is C7H14O4. The zero-order valence-electron chi connectivity index (χ0n) is 6.71. The molecule has 0 radical (unpaired) electrons. The van der Waals surface area contributed by atoms with Gasteiger partial charge in [-0.2, -0.15) is 0 Å². The summed E-state index contributed by atoms with van der Waals surface area (Å²) in [5.74, 6) is -0.701. The summed E-state index contributed by atoms with van der Waals surface area (Å²) in [6, 6.07) is 0. The summed E-state index contributed by atoms with van der Waals surface area (Å²) in [6.45, 7) is 1.60. The Bertz CT molecular complexity index is 103. The van der Waals surface area contributed by atoms with Crippen molar-refractivity contribution >= 4 is 0 Å². The molecule has 0 bridgehead atoms. The Morgan fingerprint density at radius 3 is 2.82 bits per heavy atom. The van der Waals surface area contributed by atoms with Crippen LogP contribution in [0.25, 0.3) is 0 Å². The molecule has 0 amide bonds. The Labute approximate surface area is 66.1 Å². The molecule has 1 aliphatic rings. The first-order valence-electron chi connectivity index (χ1n) is 3.71. The van der Waals surface area contributed by atoms with Crippen LogP contribution in [0.4, 0.5) is 0 Å². The van der Waals surface area contributed by atoms with E-state index in [2.05, 4.69) is 0 Å². The molecule has 1 unspecified atom stereocenters. The minimum absolute atomic E-state index is 0.0528. The van der Waals surface area contributed by atoms with Crippen LogP contribution in [0.15, 0.2) is 0 Å². The number of hydrogen-bond donors (Lipinski definition) is 1. The molecule has 0 aromatic rings. The molecule has 0 aromatic heterocycles. The van der Waals surface area contributed by atoms with Crippen molar-refractivity contribution in [3.8, 4) is 0 Å². The lowest BCUT2D eigenvalue weighted by molar-refractivity contribution is -0.287. The van der Waals surface area contributed by atoms with Crippen LogP contribution >= 0.6 is 0 Å². The first kappa shape index (κ1) is 8.93. The van der Waals surface area contributed by atoms with Crippen LogP contribution < -0.4 is 0 Å². The van der Waals surface area contributed by atoms with Crippen molar-refractivity contribution in [3.63, 3.8) is 0 Å². The van der Waals surface area contributed by atoms with E-state index in [1.54, 1.807) is 7.11 Å². The standard InChI is InChI=1S/C7H14O4/c1-9-7(2-3-8)6-10-4-5-11-7/h8H,2-6H2,1H3. The SMILES string of the molecule is COC1(CCO)COCCO1. The van der Waals surface area contributed by atoms with Gasteiger partial charge in [-0.15, -0.1) is 0 Å². The lowest BCUT2D eigenvalue weighted by atomic mass is 10.2. The Balaban J connectivity index is 2.42. The topological polar surface area (TPSA) is 47.9 Å². The summed E-state index contributed by atoms with van der Waals surface area (Å²) < 4.78 is 15.6. The zero-order chi connectivity index (χ0) is 8.16. The third-order valence-corrected chi connectivity index (χ3v) is 1.78. The molecule has 4 nitrogen and oxygen atoms in total. The van der Waals surface area contributed by atoms with Gasteiger partial charge in [0.2, 0.25) is 0 Å². The summed E-state index contributed by atoms with van der Waals surface area (Å²) in [5, 5.41) is 8.70. The second-order valence-electron chi connectivity index (χ2n) is 2.49. The van der Waals surface area contributed by atoms with Crippen molar-refractivity contribution in [2.24, 2.45) is 0 Å². The lowest BCUT2D eigenvalue weighted by Gasteiger charge is -2.34. The van der Waals surface area contributed by atoms with Crippen LogP contribution in [0.3, 0.4) is 0 Å². The van der Waals surface area contributed by atoms with E-state index < -0.39 is 5.79 Å². The van der Waals surface area contributed by atoms with E-state index in [0.717, 1.165) is 0 Å². The van der Waals surface area contributed by atoms with Gasteiger partial charge in [-0.05, 0) is 0 Å². The van der Waals surface area contributed by atoms with Gasteiger partial charge in [-0.1, -0.05) is 0 Å². The Kier molecular flexibility index (Phi) is 3.26. The van der Waals surface area contributed by atoms with Crippen molar-refractivity contribution < 1.29 is 19.3 Å². The van der Waals surface area contributed by atoms with E-state index in [4.69, 9.17) is 19.3 Å². The van der Waals surface area contributed by atoms with Gasteiger partial charge in [-0.25, -0.2) is 0 Å².